The summed E-state index contributed by atoms with van der Waals surface area (Å²) >= 11 is 0. The van der Waals surface area contributed by atoms with Crippen LogP contribution >= 0.6 is 0 Å². The van der Waals surface area contributed by atoms with Gasteiger partial charge in [-0.2, -0.15) is 0 Å². The second-order valence-corrected chi connectivity index (χ2v) is 7.72. The molecule has 3 aromatic carbocycles. The first-order valence-electron chi connectivity index (χ1n) is 10.2. The fourth-order valence-corrected chi connectivity index (χ4v) is 4.09. The number of para-hydroxylation sites is 1. The van der Waals surface area contributed by atoms with Gasteiger partial charge in [0.2, 0.25) is 5.91 Å². The second-order valence-electron chi connectivity index (χ2n) is 7.72. The molecule has 1 N–H and O–H groups in total. The third-order valence-corrected chi connectivity index (χ3v) is 5.62. The Balaban J connectivity index is 1.67. The molecule has 0 radical (unpaired) electrons. The van der Waals surface area contributed by atoms with Crippen LogP contribution < -0.4 is 5.32 Å². The Morgan fingerprint density at radius 3 is 2.43 bits per heavy atom. The third kappa shape index (κ3) is 4.13. The van der Waals surface area contributed by atoms with Crippen molar-refractivity contribution < 1.29 is 9.18 Å². The van der Waals surface area contributed by atoms with Crippen molar-refractivity contribution >= 4 is 16.8 Å². The number of fused-ring (bicyclic) bond motifs is 1. The van der Waals surface area contributed by atoms with Crippen LogP contribution in [0.25, 0.3) is 10.9 Å². The normalized spacial score (nSPS) is 13.2. The van der Waals surface area contributed by atoms with Crippen LogP contribution in [-0.2, 0) is 11.8 Å². The van der Waals surface area contributed by atoms with E-state index in [4.69, 9.17) is 0 Å². The molecule has 4 heteroatoms. The van der Waals surface area contributed by atoms with Gasteiger partial charge in [-0.05, 0) is 41.8 Å². The van der Waals surface area contributed by atoms with E-state index in [1.807, 2.05) is 68.7 Å². The minimum Gasteiger partial charge on any atom is -0.350 e. The smallest absolute Gasteiger partial charge is 0.221 e. The second kappa shape index (κ2) is 8.54. The van der Waals surface area contributed by atoms with Gasteiger partial charge < -0.3 is 9.88 Å². The van der Waals surface area contributed by atoms with Gasteiger partial charge in [-0.1, -0.05) is 60.7 Å². The summed E-state index contributed by atoms with van der Waals surface area (Å²) in [6.07, 6.45) is 2.29. The van der Waals surface area contributed by atoms with Crippen LogP contribution in [0, 0.1) is 5.82 Å². The number of hydrogen-bond acceptors (Lipinski definition) is 1. The Morgan fingerprint density at radius 1 is 0.967 bits per heavy atom. The van der Waals surface area contributed by atoms with Gasteiger partial charge in [0, 0.05) is 36.5 Å². The summed E-state index contributed by atoms with van der Waals surface area (Å²) in [5, 5.41) is 4.18. The highest BCUT2D eigenvalue weighted by atomic mass is 19.1. The first kappa shape index (κ1) is 19.9. The van der Waals surface area contributed by atoms with Crippen molar-refractivity contribution in [3.63, 3.8) is 0 Å². The number of benzene rings is 3. The molecule has 4 aromatic rings. The summed E-state index contributed by atoms with van der Waals surface area (Å²) in [6.45, 7) is 1.97. The lowest BCUT2D eigenvalue weighted by Gasteiger charge is -2.20. The molecule has 0 aliphatic rings. The monoisotopic (exact) mass is 400 g/mol. The van der Waals surface area contributed by atoms with Gasteiger partial charge >= 0.3 is 0 Å². The third-order valence-electron chi connectivity index (χ3n) is 5.62. The standard InChI is InChI=1S/C26H25FN2O/c1-18(19-9-4-3-5-10-19)28-26(30)16-23(20-11-8-12-21(27)15-20)24-17-29(2)25-14-7-6-13-22(24)25/h3-15,17-18,23H,16H2,1-2H3,(H,28,30). The number of aryl methyl sites for hydroxylation is 1. The molecule has 0 aliphatic heterocycles. The highest BCUT2D eigenvalue weighted by Crippen LogP contribution is 2.34. The molecule has 2 atom stereocenters. The van der Waals surface area contributed by atoms with Crippen LogP contribution in [0.4, 0.5) is 4.39 Å². The fraction of sp³-hybridized carbons (Fsp3) is 0.192. The SMILES string of the molecule is CC(NC(=O)CC(c1cccc(F)c1)c1cn(C)c2ccccc12)c1ccccc1. The maximum Gasteiger partial charge on any atom is 0.221 e. The number of aromatic nitrogens is 1. The molecule has 1 aromatic heterocycles. The van der Waals surface area contributed by atoms with Crippen molar-refractivity contribution in [2.24, 2.45) is 7.05 Å². The van der Waals surface area contributed by atoms with Gasteiger partial charge in [-0.3, -0.25) is 4.79 Å². The maximum atomic E-state index is 14.0. The van der Waals surface area contributed by atoms with E-state index >= 15 is 0 Å². The summed E-state index contributed by atoms with van der Waals surface area (Å²) in [4.78, 5) is 13.0. The Bertz CT molecular complexity index is 1170. The lowest BCUT2D eigenvalue weighted by atomic mass is 9.87. The van der Waals surface area contributed by atoms with Gasteiger partial charge in [-0.15, -0.1) is 0 Å². The first-order valence-corrected chi connectivity index (χ1v) is 10.2. The van der Waals surface area contributed by atoms with Gasteiger partial charge in [-0.25, -0.2) is 4.39 Å². The Labute approximate surface area is 176 Å². The first-order chi connectivity index (χ1) is 14.5. The molecule has 0 saturated carbocycles. The minimum atomic E-state index is -0.296. The van der Waals surface area contributed by atoms with E-state index in [1.165, 1.54) is 12.1 Å². The van der Waals surface area contributed by atoms with Crippen molar-refractivity contribution in [1.82, 2.24) is 9.88 Å². The number of rotatable bonds is 6. The molecular weight excluding hydrogens is 375 g/mol. The summed E-state index contributed by atoms with van der Waals surface area (Å²) in [5.41, 5.74) is 3.97. The Kier molecular flexibility index (Phi) is 5.66. The lowest BCUT2D eigenvalue weighted by molar-refractivity contribution is -0.121. The average molecular weight is 400 g/mol. The number of carbonyl (C=O) groups is 1. The average Bonchev–Trinajstić information content (AvgIpc) is 3.09. The number of hydrogen-bond donors (Lipinski definition) is 1. The molecule has 0 bridgehead atoms. The summed E-state index contributed by atoms with van der Waals surface area (Å²) in [5.74, 6) is -0.598. The zero-order chi connectivity index (χ0) is 21.1. The zero-order valence-corrected chi connectivity index (χ0v) is 17.2. The van der Waals surface area contributed by atoms with Crippen LogP contribution in [0.1, 0.15) is 42.0 Å². The molecule has 3 nitrogen and oxygen atoms in total. The van der Waals surface area contributed by atoms with Crippen molar-refractivity contribution in [3.05, 3.63) is 108 Å². The van der Waals surface area contributed by atoms with Crippen LogP contribution in [0.2, 0.25) is 0 Å². The molecule has 0 aliphatic carbocycles. The van der Waals surface area contributed by atoms with E-state index in [-0.39, 0.29) is 30.1 Å². The van der Waals surface area contributed by atoms with E-state index in [2.05, 4.69) is 22.0 Å². The van der Waals surface area contributed by atoms with E-state index < -0.39 is 0 Å². The molecule has 1 heterocycles. The highest BCUT2D eigenvalue weighted by molar-refractivity contribution is 5.86. The van der Waals surface area contributed by atoms with Crippen molar-refractivity contribution in [1.29, 1.82) is 0 Å². The van der Waals surface area contributed by atoms with Crippen molar-refractivity contribution in [2.45, 2.75) is 25.3 Å². The van der Waals surface area contributed by atoms with E-state index in [0.29, 0.717) is 0 Å². The minimum absolute atomic E-state index is 0.0615. The number of halogens is 1. The predicted molar refractivity (Wildman–Crippen MR) is 119 cm³/mol. The van der Waals surface area contributed by atoms with Crippen LogP contribution in [0.5, 0.6) is 0 Å². The van der Waals surface area contributed by atoms with E-state index in [9.17, 15) is 9.18 Å². The highest BCUT2D eigenvalue weighted by Gasteiger charge is 2.23. The molecule has 1 amide bonds. The van der Waals surface area contributed by atoms with Gasteiger partial charge in [0.1, 0.15) is 5.82 Å². The maximum absolute atomic E-state index is 14.0. The molecule has 30 heavy (non-hydrogen) atoms. The quantitative estimate of drug-likeness (QED) is 0.441. The molecule has 4 rings (SSSR count). The molecule has 0 fully saturated rings. The zero-order valence-electron chi connectivity index (χ0n) is 17.2. The van der Waals surface area contributed by atoms with Gasteiger partial charge in [0.15, 0.2) is 0 Å². The number of nitrogens with zero attached hydrogens (tertiary/aromatic N) is 1. The number of amides is 1. The van der Waals surface area contributed by atoms with Crippen LogP contribution in [0.3, 0.4) is 0 Å². The summed E-state index contributed by atoms with van der Waals surface area (Å²) in [7, 11) is 1.99. The summed E-state index contributed by atoms with van der Waals surface area (Å²) < 4.78 is 16.1. The molecule has 2 unspecified atom stereocenters. The summed E-state index contributed by atoms with van der Waals surface area (Å²) in [6, 6.07) is 24.4. The Morgan fingerprint density at radius 2 is 1.67 bits per heavy atom. The van der Waals surface area contributed by atoms with Gasteiger partial charge in [0.25, 0.3) is 0 Å². The molecular formula is C26H25FN2O. The largest absolute Gasteiger partial charge is 0.350 e. The van der Waals surface area contributed by atoms with Crippen LogP contribution in [0.15, 0.2) is 85.1 Å². The van der Waals surface area contributed by atoms with E-state index in [1.54, 1.807) is 6.07 Å². The van der Waals surface area contributed by atoms with E-state index in [0.717, 1.165) is 27.6 Å². The number of nitrogens with one attached hydrogen (secondary N) is 1. The van der Waals surface area contributed by atoms with Crippen LogP contribution in [-0.4, -0.2) is 10.5 Å². The van der Waals surface area contributed by atoms with Crippen molar-refractivity contribution in [2.75, 3.05) is 0 Å². The molecule has 0 spiro atoms. The van der Waals surface area contributed by atoms with Crippen molar-refractivity contribution in [3.8, 4) is 0 Å². The molecule has 152 valence electrons. The fourth-order valence-electron chi connectivity index (χ4n) is 4.09. The topological polar surface area (TPSA) is 34.0 Å². The lowest BCUT2D eigenvalue weighted by Crippen LogP contribution is -2.28. The molecule has 0 saturated heterocycles. The predicted octanol–water partition coefficient (Wildman–Crippen LogP) is 5.72. The Hall–Kier alpha value is -3.40. The van der Waals surface area contributed by atoms with Gasteiger partial charge in [0.05, 0.1) is 6.04 Å². The number of carbonyl (C=O) groups excluding carboxylic acids is 1.